The molecule has 0 saturated carbocycles. The molecule has 118 valence electrons. The van der Waals surface area contributed by atoms with Crippen LogP contribution in [0.4, 0.5) is 5.69 Å². The van der Waals surface area contributed by atoms with Gasteiger partial charge < -0.3 is 9.88 Å². The first kappa shape index (κ1) is 15.3. The van der Waals surface area contributed by atoms with Gasteiger partial charge in [0.1, 0.15) is 0 Å². The highest BCUT2D eigenvalue weighted by atomic mass is 16.1. The number of rotatable bonds is 5. The number of fused-ring (bicyclic) bond motifs is 1. The first-order valence-corrected chi connectivity index (χ1v) is 8.08. The van der Waals surface area contributed by atoms with Crippen molar-refractivity contribution in [3.8, 4) is 0 Å². The molecule has 0 spiro atoms. The van der Waals surface area contributed by atoms with E-state index in [0.29, 0.717) is 18.9 Å². The van der Waals surface area contributed by atoms with Crippen LogP contribution in [-0.4, -0.2) is 10.5 Å². The van der Waals surface area contributed by atoms with Gasteiger partial charge in [-0.05, 0) is 35.1 Å². The molecule has 1 aromatic heterocycles. The fraction of sp³-hybridized carbons (Fsp3) is 0.250. The predicted octanol–water partition coefficient (Wildman–Crippen LogP) is 4.79. The summed E-state index contributed by atoms with van der Waals surface area (Å²) < 4.78 is 2.13. The lowest BCUT2D eigenvalue weighted by Gasteiger charge is -2.14. The van der Waals surface area contributed by atoms with Crippen LogP contribution in [0.15, 0.2) is 60.8 Å². The van der Waals surface area contributed by atoms with E-state index in [1.54, 1.807) is 0 Å². The Morgan fingerprint density at radius 3 is 2.61 bits per heavy atom. The van der Waals surface area contributed by atoms with E-state index in [2.05, 4.69) is 48.0 Å². The maximum atomic E-state index is 12.3. The zero-order chi connectivity index (χ0) is 16.2. The zero-order valence-corrected chi connectivity index (χ0v) is 13.6. The van der Waals surface area contributed by atoms with Crippen molar-refractivity contribution in [2.75, 3.05) is 5.32 Å². The second-order valence-electron chi connectivity index (χ2n) is 6.11. The summed E-state index contributed by atoms with van der Waals surface area (Å²) in [7, 11) is 0. The van der Waals surface area contributed by atoms with Gasteiger partial charge in [0.25, 0.3) is 0 Å². The summed E-state index contributed by atoms with van der Waals surface area (Å²) >= 11 is 0. The minimum atomic E-state index is 0.0517. The van der Waals surface area contributed by atoms with Gasteiger partial charge in [-0.2, -0.15) is 0 Å². The number of carbonyl (C=O) groups is 1. The second kappa shape index (κ2) is 6.69. The molecule has 2 aromatic carbocycles. The van der Waals surface area contributed by atoms with Crippen LogP contribution in [0.2, 0.25) is 0 Å². The number of carbonyl (C=O) groups excluding carboxylic acids is 1. The molecule has 1 amide bonds. The Morgan fingerprint density at radius 1 is 1.04 bits per heavy atom. The highest BCUT2D eigenvalue weighted by Crippen LogP contribution is 2.24. The molecular formula is C20H22N2O. The predicted molar refractivity (Wildman–Crippen MR) is 95.7 cm³/mol. The Bertz CT molecular complexity index is 817. The standard InChI is InChI=1S/C20H22N2O/c1-15(2)17-8-4-5-9-18(17)21-20(23)12-14-22-13-11-16-7-3-6-10-19(16)22/h3-11,13,15H,12,14H2,1-2H3,(H,21,23). The van der Waals surface area contributed by atoms with Crippen LogP contribution in [0.5, 0.6) is 0 Å². The lowest BCUT2D eigenvalue weighted by molar-refractivity contribution is -0.116. The summed E-state index contributed by atoms with van der Waals surface area (Å²) in [5.74, 6) is 0.441. The van der Waals surface area contributed by atoms with Crippen LogP contribution in [0.1, 0.15) is 31.7 Å². The topological polar surface area (TPSA) is 34.0 Å². The van der Waals surface area contributed by atoms with E-state index in [1.165, 1.54) is 16.5 Å². The van der Waals surface area contributed by atoms with E-state index in [0.717, 1.165) is 5.69 Å². The van der Waals surface area contributed by atoms with E-state index in [1.807, 2.05) is 36.5 Å². The summed E-state index contributed by atoms with van der Waals surface area (Å²) in [4.78, 5) is 12.3. The molecule has 3 rings (SSSR count). The number of aryl methyl sites for hydroxylation is 1. The Kier molecular flexibility index (Phi) is 4.47. The molecule has 3 heteroatoms. The van der Waals surface area contributed by atoms with Crippen LogP contribution >= 0.6 is 0 Å². The number of amides is 1. The molecule has 23 heavy (non-hydrogen) atoms. The molecule has 0 aliphatic carbocycles. The van der Waals surface area contributed by atoms with Gasteiger partial charge in [-0.1, -0.05) is 50.2 Å². The van der Waals surface area contributed by atoms with Crippen molar-refractivity contribution in [2.45, 2.75) is 32.7 Å². The van der Waals surface area contributed by atoms with E-state index in [9.17, 15) is 4.79 Å². The molecular weight excluding hydrogens is 284 g/mol. The quantitative estimate of drug-likeness (QED) is 0.722. The smallest absolute Gasteiger partial charge is 0.226 e. The first-order chi connectivity index (χ1) is 11.1. The van der Waals surface area contributed by atoms with E-state index < -0.39 is 0 Å². The SMILES string of the molecule is CC(C)c1ccccc1NC(=O)CCn1ccc2ccccc21. The Hall–Kier alpha value is -2.55. The molecule has 1 heterocycles. The van der Waals surface area contributed by atoms with Gasteiger partial charge in [0, 0.05) is 30.4 Å². The maximum absolute atomic E-state index is 12.3. The third-order valence-corrected chi connectivity index (χ3v) is 4.12. The average molecular weight is 306 g/mol. The molecule has 3 nitrogen and oxygen atoms in total. The Morgan fingerprint density at radius 2 is 1.78 bits per heavy atom. The number of nitrogens with zero attached hydrogens (tertiary/aromatic N) is 1. The molecule has 0 fully saturated rings. The lowest BCUT2D eigenvalue weighted by atomic mass is 10.0. The van der Waals surface area contributed by atoms with Gasteiger partial charge in [-0.25, -0.2) is 0 Å². The summed E-state index contributed by atoms with van der Waals surface area (Å²) in [6.07, 6.45) is 2.51. The van der Waals surface area contributed by atoms with Gasteiger partial charge in [0.2, 0.25) is 5.91 Å². The van der Waals surface area contributed by atoms with Crippen LogP contribution in [0, 0.1) is 0 Å². The fourth-order valence-corrected chi connectivity index (χ4v) is 2.88. The highest BCUT2D eigenvalue weighted by molar-refractivity contribution is 5.91. The van der Waals surface area contributed by atoms with Gasteiger partial charge >= 0.3 is 0 Å². The number of benzene rings is 2. The van der Waals surface area contributed by atoms with Gasteiger partial charge in [0.15, 0.2) is 0 Å². The number of hydrogen-bond acceptors (Lipinski definition) is 1. The van der Waals surface area contributed by atoms with Crippen LogP contribution in [-0.2, 0) is 11.3 Å². The van der Waals surface area contributed by atoms with Crippen LogP contribution in [0.3, 0.4) is 0 Å². The van der Waals surface area contributed by atoms with E-state index in [4.69, 9.17) is 0 Å². The summed E-state index contributed by atoms with van der Waals surface area (Å²) in [5, 5.41) is 4.26. The third kappa shape index (κ3) is 3.45. The lowest BCUT2D eigenvalue weighted by Crippen LogP contribution is -2.15. The van der Waals surface area contributed by atoms with Crippen molar-refractivity contribution in [1.29, 1.82) is 0 Å². The van der Waals surface area contributed by atoms with E-state index >= 15 is 0 Å². The van der Waals surface area contributed by atoms with Crippen molar-refractivity contribution in [1.82, 2.24) is 4.57 Å². The highest BCUT2D eigenvalue weighted by Gasteiger charge is 2.09. The normalized spacial score (nSPS) is 11.1. The number of aromatic nitrogens is 1. The van der Waals surface area contributed by atoms with Crippen molar-refractivity contribution in [3.63, 3.8) is 0 Å². The van der Waals surface area contributed by atoms with Gasteiger partial charge in [0.05, 0.1) is 0 Å². The third-order valence-electron chi connectivity index (χ3n) is 4.12. The van der Waals surface area contributed by atoms with Crippen LogP contribution in [0.25, 0.3) is 10.9 Å². The second-order valence-corrected chi connectivity index (χ2v) is 6.11. The average Bonchev–Trinajstić information content (AvgIpc) is 2.96. The molecule has 0 bridgehead atoms. The number of para-hydroxylation sites is 2. The number of anilines is 1. The molecule has 0 saturated heterocycles. The van der Waals surface area contributed by atoms with Crippen molar-refractivity contribution < 1.29 is 4.79 Å². The molecule has 0 radical (unpaired) electrons. The number of hydrogen-bond donors (Lipinski definition) is 1. The Labute approximate surface area is 136 Å². The van der Waals surface area contributed by atoms with Crippen LogP contribution < -0.4 is 5.32 Å². The number of nitrogens with one attached hydrogen (secondary N) is 1. The fourth-order valence-electron chi connectivity index (χ4n) is 2.88. The van der Waals surface area contributed by atoms with Crippen molar-refractivity contribution >= 4 is 22.5 Å². The largest absolute Gasteiger partial charge is 0.347 e. The molecule has 1 N–H and O–H groups in total. The molecule has 0 unspecified atom stereocenters. The molecule has 0 atom stereocenters. The van der Waals surface area contributed by atoms with Gasteiger partial charge in [-0.3, -0.25) is 4.79 Å². The van der Waals surface area contributed by atoms with Gasteiger partial charge in [-0.15, -0.1) is 0 Å². The Balaban J connectivity index is 1.66. The molecule has 3 aromatic rings. The summed E-state index contributed by atoms with van der Waals surface area (Å²) in [5.41, 5.74) is 3.26. The minimum absolute atomic E-state index is 0.0517. The monoisotopic (exact) mass is 306 g/mol. The van der Waals surface area contributed by atoms with Crippen molar-refractivity contribution in [2.24, 2.45) is 0 Å². The molecule has 0 aliphatic heterocycles. The zero-order valence-electron chi connectivity index (χ0n) is 13.6. The van der Waals surface area contributed by atoms with E-state index in [-0.39, 0.29) is 5.91 Å². The molecule has 0 aliphatic rings. The summed E-state index contributed by atoms with van der Waals surface area (Å²) in [6, 6.07) is 18.3. The minimum Gasteiger partial charge on any atom is -0.347 e. The maximum Gasteiger partial charge on any atom is 0.226 e. The first-order valence-electron chi connectivity index (χ1n) is 8.08. The van der Waals surface area contributed by atoms with Crippen molar-refractivity contribution in [3.05, 3.63) is 66.4 Å². The summed E-state index contributed by atoms with van der Waals surface area (Å²) in [6.45, 7) is 4.96.